The second kappa shape index (κ2) is 38.1. The molecule has 51 heavy (non-hydrogen) atoms. The molecule has 0 aliphatic heterocycles. The van der Waals surface area contributed by atoms with E-state index in [2.05, 4.69) is 20.8 Å². The average Bonchev–Trinajstić information content (AvgIpc) is 3.14. The highest BCUT2D eigenvalue weighted by atomic mass is 16.3. The maximum atomic E-state index is 10.9. The normalized spacial score (nSPS) is 15.6. The minimum Gasteiger partial charge on any atom is -0.394 e. The summed E-state index contributed by atoms with van der Waals surface area (Å²) < 4.78 is 0. The lowest BCUT2D eigenvalue weighted by Crippen LogP contribution is -2.35. The van der Waals surface area contributed by atoms with Crippen molar-refractivity contribution in [3.05, 3.63) is 5.92 Å². The number of rotatable bonds is 41. The van der Waals surface area contributed by atoms with Crippen LogP contribution in [0.4, 0.5) is 0 Å². The number of hydrogen-bond donors (Lipinski definition) is 6. The molecular weight excluding hydrogens is 636 g/mol. The van der Waals surface area contributed by atoms with Crippen LogP contribution in [0.15, 0.2) is 0 Å². The molecule has 0 amide bonds. The molecular formula is C45H91O6. The van der Waals surface area contributed by atoms with Gasteiger partial charge in [0.05, 0.1) is 38.1 Å². The molecule has 0 aromatic rings. The van der Waals surface area contributed by atoms with Crippen molar-refractivity contribution in [3.63, 3.8) is 0 Å². The predicted octanol–water partition coefficient (Wildman–Crippen LogP) is 11.0. The molecule has 0 saturated heterocycles. The zero-order valence-corrected chi connectivity index (χ0v) is 34.4. The first kappa shape index (κ1) is 50.8. The average molecular weight is 728 g/mol. The van der Waals surface area contributed by atoms with Gasteiger partial charge in [-0.2, -0.15) is 0 Å². The summed E-state index contributed by atoms with van der Waals surface area (Å²) in [5.74, 6) is 1.56. The summed E-state index contributed by atoms with van der Waals surface area (Å²) in [6.45, 7) is 5.93. The predicted molar refractivity (Wildman–Crippen MR) is 218 cm³/mol. The van der Waals surface area contributed by atoms with Crippen LogP contribution >= 0.6 is 0 Å². The summed E-state index contributed by atoms with van der Waals surface area (Å²) >= 11 is 0. The van der Waals surface area contributed by atoms with Crippen molar-refractivity contribution in [3.8, 4) is 0 Å². The molecule has 0 saturated carbocycles. The first-order valence-electron chi connectivity index (χ1n) is 22.6. The van der Waals surface area contributed by atoms with Gasteiger partial charge in [0.15, 0.2) is 0 Å². The van der Waals surface area contributed by atoms with Crippen molar-refractivity contribution >= 4 is 0 Å². The van der Waals surface area contributed by atoms with Gasteiger partial charge in [0.2, 0.25) is 0 Å². The van der Waals surface area contributed by atoms with Gasteiger partial charge in [-0.05, 0) is 55.8 Å². The van der Waals surface area contributed by atoms with Crippen LogP contribution in [0.25, 0.3) is 0 Å². The molecule has 0 rings (SSSR count). The Hall–Kier alpha value is -0.240. The van der Waals surface area contributed by atoms with Crippen molar-refractivity contribution in [2.75, 3.05) is 19.8 Å². The number of unbranched alkanes of at least 4 members (excludes halogenated alkanes) is 23. The second-order valence-corrected chi connectivity index (χ2v) is 16.3. The van der Waals surface area contributed by atoms with Gasteiger partial charge < -0.3 is 30.6 Å². The van der Waals surface area contributed by atoms with Crippen LogP contribution in [0.2, 0.25) is 0 Å². The maximum Gasteiger partial charge on any atom is 0.0776 e. The van der Waals surface area contributed by atoms with E-state index in [-0.39, 0.29) is 37.6 Å². The molecule has 0 aromatic carbocycles. The number of hydrogen-bond acceptors (Lipinski definition) is 6. The second-order valence-electron chi connectivity index (χ2n) is 16.3. The van der Waals surface area contributed by atoms with E-state index in [1.54, 1.807) is 0 Å². The van der Waals surface area contributed by atoms with Crippen molar-refractivity contribution in [2.24, 2.45) is 17.8 Å². The minimum absolute atomic E-state index is 0.0360. The van der Waals surface area contributed by atoms with Crippen molar-refractivity contribution in [1.82, 2.24) is 0 Å². The molecule has 0 heterocycles. The molecule has 0 fully saturated rings. The summed E-state index contributed by atoms with van der Waals surface area (Å²) in [6.07, 6.45) is 34.1. The lowest BCUT2D eigenvalue weighted by atomic mass is 9.65. The van der Waals surface area contributed by atoms with E-state index in [1.165, 1.54) is 141 Å². The summed E-state index contributed by atoms with van der Waals surface area (Å²) in [5.41, 5.74) is 0. The zero-order chi connectivity index (χ0) is 37.8. The Bertz CT molecular complexity index is 677. The van der Waals surface area contributed by atoms with Crippen molar-refractivity contribution < 1.29 is 30.6 Å². The van der Waals surface area contributed by atoms with Gasteiger partial charge in [-0.15, -0.1) is 0 Å². The molecule has 0 aromatic heterocycles. The Morgan fingerprint density at radius 1 is 0.373 bits per heavy atom. The third-order valence-electron chi connectivity index (χ3n) is 11.5. The van der Waals surface area contributed by atoms with E-state index < -0.39 is 18.3 Å². The molecule has 6 unspecified atom stereocenters. The van der Waals surface area contributed by atoms with E-state index in [1.807, 2.05) is 0 Å². The van der Waals surface area contributed by atoms with Gasteiger partial charge in [0, 0.05) is 0 Å². The summed E-state index contributed by atoms with van der Waals surface area (Å²) in [6, 6.07) is 0. The highest BCUT2D eigenvalue weighted by molar-refractivity contribution is 5.06. The lowest BCUT2D eigenvalue weighted by molar-refractivity contribution is 0.0410. The van der Waals surface area contributed by atoms with Crippen LogP contribution in [0.3, 0.4) is 0 Å². The molecule has 0 aliphatic rings. The topological polar surface area (TPSA) is 121 Å². The van der Waals surface area contributed by atoms with E-state index >= 15 is 0 Å². The monoisotopic (exact) mass is 728 g/mol. The van der Waals surface area contributed by atoms with Crippen LogP contribution in [0.5, 0.6) is 0 Å². The van der Waals surface area contributed by atoms with Crippen LogP contribution in [-0.4, -0.2) is 68.8 Å². The number of aliphatic hydroxyl groups excluding tert-OH is 6. The Kier molecular flexibility index (Phi) is 37.9. The van der Waals surface area contributed by atoms with Crippen LogP contribution in [-0.2, 0) is 0 Å². The van der Waals surface area contributed by atoms with Gasteiger partial charge >= 0.3 is 0 Å². The van der Waals surface area contributed by atoms with E-state index in [0.717, 1.165) is 51.4 Å². The molecule has 6 N–H and O–H groups in total. The van der Waals surface area contributed by atoms with E-state index in [9.17, 15) is 30.6 Å². The van der Waals surface area contributed by atoms with Gasteiger partial charge in [-0.1, -0.05) is 194 Å². The van der Waals surface area contributed by atoms with Gasteiger partial charge in [0.25, 0.3) is 0 Å². The molecule has 0 aliphatic carbocycles. The maximum absolute atomic E-state index is 10.9. The third-order valence-corrected chi connectivity index (χ3v) is 11.5. The Morgan fingerprint density at radius 3 is 1.10 bits per heavy atom. The first-order valence-corrected chi connectivity index (χ1v) is 22.6. The third kappa shape index (κ3) is 29.8. The molecule has 307 valence electrons. The largest absolute Gasteiger partial charge is 0.394 e. The Labute approximate surface area is 318 Å². The standard InChI is InChI=1S/C45H91O6/c1-4-7-10-13-16-19-21-24-27-30-39(33-41(49)36-46)44(32-29-26-23-18-15-12-9-6-3)45(35-43(51)38-48)40(34-42(50)37-47)31-28-25-22-20-17-14-11-8-5-2/h39-44,46-51H,4-38H2,1-3H3. The molecule has 6 nitrogen and oxygen atoms in total. The first-order chi connectivity index (χ1) is 24.9. The molecule has 0 spiro atoms. The molecule has 0 bridgehead atoms. The molecule has 6 heteroatoms. The van der Waals surface area contributed by atoms with Gasteiger partial charge in [-0.3, -0.25) is 0 Å². The van der Waals surface area contributed by atoms with E-state index in [0.29, 0.717) is 19.3 Å². The quantitative estimate of drug-likeness (QED) is 0.0349. The zero-order valence-electron chi connectivity index (χ0n) is 34.4. The highest BCUT2D eigenvalue weighted by Gasteiger charge is 2.37. The minimum atomic E-state index is -0.867. The fourth-order valence-corrected chi connectivity index (χ4v) is 8.36. The van der Waals surface area contributed by atoms with Gasteiger partial charge in [0.1, 0.15) is 0 Å². The smallest absolute Gasteiger partial charge is 0.0776 e. The lowest BCUT2D eigenvalue weighted by Gasteiger charge is -2.40. The highest BCUT2D eigenvalue weighted by Crippen LogP contribution is 2.44. The SMILES string of the molecule is CCCCCCCCCCCC(CC(O)CO)[C](CC(O)CO)C(CCCCCCCCCC)C(CCCCCCCCCCC)CC(O)CO. The van der Waals surface area contributed by atoms with Crippen LogP contribution < -0.4 is 0 Å². The van der Waals surface area contributed by atoms with Crippen LogP contribution in [0.1, 0.15) is 226 Å². The van der Waals surface area contributed by atoms with Crippen molar-refractivity contribution in [2.45, 2.75) is 245 Å². The summed E-state index contributed by atoms with van der Waals surface area (Å²) in [7, 11) is 0. The van der Waals surface area contributed by atoms with Crippen molar-refractivity contribution in [1.29, 1.82) is 0 Å². The fourth-order valence-electron chi connectivity index (χ4n) is 8.36. The Morgan fingerprint density at radius 2 is 0.706 bits per heavy atom. The number of aliphatic hydroxyl groups is 6. The molecule has 6 atom stereocenters. The van der Waals surface area contributed by atoms with E-state index in [4.69, 9.17) is 0 Å². The molecule has 1 radical (unpaired) electrons. The van der Waals surface area contributed by atoms with Gasteiger partial charge in [-0.25, -0.2) is 0 Å². The summed E-state index contributed by atoms with van der Waals surface area (Å²) in [4.78, 5) is 0. The Balaban J connectivity index is 5.98. The summed E-state index contributed by atoms with van der Waals surface area (Å²) in [5, 5.41) is 62.5. The van der Waals surface area contributed by atoms with Crippen LogP contribution in [0, 0.1) is 23.7 Å². The fraction of sp³-hybridized carbons (Fsp3) is 0.978.